The van der Waals surface area contributed by atoms with E-state index in [2.05, 4.69) is 46.0 Å². The van der Waals surface area contributed by atoms with Crippen LogP contribution in [-0.4, -0.2) is 57.3 Å². The van der Waals surface area contributed by atoms with Gasteiger partial charge in [-0.25, -0.2) is 0 Å². The molecule has 1 aliphatic heterocycles. The summed E-state index contributed by atoms with van der Waals surface area (Å²) in [4.78, 5) is 5.76. The quantitative estimate of drug-likeness (QED) is 0.353. The standard InChI is InChI=1S/C22H35N3O2S/c1-23-21(24-13-7-14-26-16-19-10-15-27-17-19)25-18-22(11-5-6-12-22)28-20-8-3-2-4-9-20/h2-4,8-9,19H,5-7,10-18H2,1H3,(H2,23,24,25). The van der Waals surface area contributed by atoms with E-state index in [4.69, 9.17) is 9.47 Å². The van der Waals surface area contributed by atoms with E-state index in [9.17, 15) is 0 Å². The molecule has 3 rings (SSSR count). The van der Waals surface area contributed by atoms with E-state index >= 15 is 0 Å². The number of ether oxygens (including phenoxy) is 2. The molecule has 2 aliphatic rings. The SMILES string of the molecule is CN=C(NCCCOCC1CCOC1)NCC1(Sc2ccccc2)CCCC1. The molecular formula is C22H35N3O2S. The van der Waals surface area contributed by atoms with Gasteiger partial charge in [-0.05, 0) is 37.8 Å². The molecule has 0 aromatic heterocycles. The average Bonchev–Trinajstić information content (AvgIpc) is 3.40. The molecule has 0 bridgehead atoms. The summed E-state index contributed by atoms with van der Waals surface area (Å²) < 4.78 is 11.4. The third-order valence-electron chi connectivity index (χ3n) is 5.53. The normalized spacial score (nSPS) is 21.8. The molecule has 1 aromatic carbocycles. The third-order valence-corrected chi connectivity index (χ3v) is 7.02. The van der Waals surface area contributed by atoms with Crippen LogP contribution in [0.3, 0.4) is 0 Å². The number of benzene rings is 1. The van der Waals surface area contributed by atoms with Crippen molar-refractivity contribution in [2.24, 2.45) is 10.9 Å². The molecule has 1 saturated carbocycles. The first kappa shape index (κ1) is 21.5. The van der Waals surface area contributed by atoms with Crippen LogP contribution in [0.1, 0.15) is 38.5 Å². The molecule has 1 aliphatic carbocycles. The van der Waals surface area contributed by atoms with Gasteiger partial charge in [0.25, 0.3) is 0 Å². The molecule has 0 amide bonds. The Morgan fingerprint density at radius 2 is 2.07 bits per heavy atom. The molecule has 0 spiro atoms. The molecule has 1 atom stereocenters. The van der Waals surface area contributed by atoms with E-state index in [1.807, 2.05) is 18.8 Å². The lowest BCUT2D eigenvalue weighted by atomic mass is 10.1. The topological polar surface area (TPSA) is 54.9 Å². The molecular weight excluding hydrogens is 370 g/mol. The van der Waals surface area contributed by atoms with E-state index in [0.29, 0.717) is 5.92 Å². The summed E-state index contributed by atoms with van der Waals surface area (Å²) >= 11 is 2.02. The lowest BCUT2D eigenvalue weighted by Gasteiger charge is -2.29. The van der Waals surface area contributed by atoms with Crippen molar-refractivity contribution in [3.05, 3.63) is 30.3 Å². The lowest BCUT2D eigenvalue weighted by Crippen LogP contribution is -2.45. The first-order chi connectivity index (χ1) is 13.8. The van der Waals surface area contributed by atoms with Crippen LogP contribution in [0.4, 0.5) is 0 Å². The Morgan fingerprint density at radius 3 is 2.79 bits per heavy atom. The maximum Gasteiger partial charge on any atom is 0.191 e. The molecule has 1 heterocycles. The first-order valence-electron chi connectivity index (χ1n) is 10.6. The van der Waals surface area contributed by atoms with E-state index in [0.717, 1.165) is 58.3 Å². The third kappa shape index (κ3) is 6.98. The van der Waals surface area contributed by atoms with Crippen molar-refractivity contribution in [2.45, 2.75) is 48.2 Å². The van der Waals surface area contributed by atoms with Crippen LogP contribution in [0.2, 0.25) is 0 Å². The van der Waals surface area contributed by atoms with E-state index in [1.165, 1.54) is 30.6 Å². The Labute approximate surface area is 174 Å². The van der Waals surface area contributed by atoms with Gasteiger partial charge in [0, 0.05) is 48.9 Å². The molecule has 1 saturated heterocycles. The maximum atomic E-state index is 5.77. The van der Waals surface area contributed by atoms with Crippen molar-refractivity contribution in [1.29, 1.82) is 0 Å². The van der Waals surface area contributed by atoms with Crippen molar-refractivity contribution in [3.8, 4) is 0 Å². The van der Waals surface area contributed by atoms with Crippen LogP contribution in [0, 0.1) is 5.92 Å². The van der Waals surface area contributed by atoms with Crippen LogP contribution in [-0.2, 0) is 9.47 Å². The highest BCUT2D eigenvalue weighted by Gasteiger charge is 2.35. The van der Waals surface area contributed by atoms with Crippen molar-refractivity contribution >= 4 is 17.7 Å². The molecule has 1 unspecified atom stereocenters. The van der Waals surface area contributed by atoms with Crippen molar-refractivity contribution < 1.29 is 9.47 Å². The molecule has 2 N–H and O–H groups in total. The van der Waals surface area contributed by atoms with Gasteiger partial charge in [0.05, 0.1) is 13.2 Å². The largest absolute Gasteiger partial charge is 0.381 e. The Kier molecular flexibility index (Phi) is 8.96. The van der Waals surface area contributed by atoms with Crippen LogP contribution in [0.5, 0.6) is 0 Å². The number of nitrogens with zero attached hydrogens (tertiary/aromatic N) is 1. The Balaban J connectivity index is 1.35. The number of aliphatic imine (C=N–C) groups is 1. The van der Waals surface area contributed by atoms with Crippen LogP contribution in [0.25, 0.3) is 0 Å². The van der Waals surface area contributed by atoms with E-state index in [1.54, 1.807) is 0 Å². The van der Waals surface area contributed by atoms with Gasteiger partial charge in [-0.15, -0.1) is 11.8 Å². The fraction of sp³-hybridized carbons (Fsp3) is 0.682. The number of hydrogen-bond donors (Lipinski definition) is 2. The van der Waals surface area contributed by atoms with Gasteiger partial charge >= 0.3 is 0 Å². The van der Waals surface area contributed by atoms with Crippen LogP contribution >= 0.6 is 11.8 Å². The number of rotatable bonds is 10. The molecule has 1 aromatic rings. The first-order valence-corrected chi connectivity index (χ1v) is 11.5. The van der Waals surface area contributed by atoms with Crippen molar-refractivity contribution in [2.75, 3.05) is 46.6 Å². The summed E-state index contributed by atoms with van der Waals surface area (Å²) in [7, 11) is 1.84. The summed E-state index contributed by atoms with van der Waals surface area (Å²) in [5, 5.41) is 7.00. The zero-order valence-corrected chi connectivity index (χ0v) is 17.9. The second kappa shape index (κ2) is 11.7. The predicted molar refractivity (Wildman–Crippen MR) is 117 cm³/mol. The van der Waals surface area contributed by atoms with Gasteiger partial charge in [0.2, 0.25) is 0 Å². The van der Waals surface area contributed by atoms with E-state index in [-0.39, 0.29) is 4.75 Å². The number of hydrogen-bond acceptors (Lipinski definition) is 4. The van der Waals surface area contributed by atoms with E-state index < -0.39 is 0 Å². The summed E-state index contributed by atoms with van der Waals surface area (Å²) in [5.74, 6) is 1.48. The molecule has 156 valence electrons. The highest BCUT2D eigenvalue weighted by Crippen LogP contribution is 2.44. The van der Waals surface area contributed by atoms with Gasteiger partial charge in [-0.2, -0.15) is 0 Å². The predicted octanol–water partition coefficient (Wildman–Crippen LogP) is 3.70. The van der Waals surface area contributed by atoms with Gasteiger partial charge in [0.1, 0.15) is 0 Å². The minimum absolute atomic E-state index is 0.269. The summed E-state index contributed by atoms with van der Waals surface area (Å²) in [6.07, 6.45) is 7.27. The minimum Gasteiger partial charge on any atom is -0.381 e. The fourth-order valence-corrected chi connectivity index (χ4v) is 5.31. The van der Waals surface area contributed by atoms with Crippen molar-refractivity contribution in [3.63, 3.8) is 0 Å². The molecule has 0 radical (unpaired) electrons. The van der Waals surface area contributed by atoms with Crippen molar-refractivity contribution in [1.82, 2.24) is 10.6 Å². The summed E-state index contributed by atoms with van der Waals surface area (Å²) in [5.41, 5.74) is 0. The highest BCUT2D eigenvalue weighted by atomic mass is 32.2. The lowest BCUT2D eigenvalue weighted by molar-refractivity contribution is 0.0888. The zero-order chi connectivity index (χ0) is 19.5. The molecule has 2 fully saturated rings. The average molecular weight is 406 g/mol. The minimum atomic E-state index is 0.269. The second-order valence-electron chi connectivity index (χ2n) is 7.82. The molecule has 5 nitrogen and oxygen atoms in total. The summed E-state index contributed by atoms with van der Waals surface area (Å²) in [6.45, 7) is 5.18. The Hall–Kier alpha value is -1.24. The van der Waals surface area contributed by atoms with Gasteiger partial charge in [-0.1, -0.05) is 31.0 Å². The Morgan fingerprint density at radius 1 is 1.25 bits per heavy atom. The van der Waals surface area contributed by atoms with Crippen LogP contribution < -0.4 is 10.6 Å². The second-order valence-corrected chi connectivity index (χ2v) is 9.36. The smallest absolute Gasteiger partial charge is 0.191 e. The van der Waals surface area contributed by atoms with Gasteiger partial charge < -0.3 is 20.1 Å². The monoisotopic (exact) mass is 405 g/mol. The maximum absolute atomic E-state index is 5.77. The van der Waals surface area contributed by atoms with Crippen LogP contribution in [0.15, 0.2) is 40.2 Å². The van der Waals surface area contributed by atoms with Gasteiger partial charge in [0.15, 0.2) is 5.96 Å². The molecule has 28 heavy (non-hydrogen) atoms. The zero-order valence-electron chi connectivity index (χ0n) is 17.1. The van der Waals surface area contributed by atoms with Gasteiger partial charge in [-0.3, -0.25) is 4.99 Å². The number of nitrogens with one attached hydrogen (secondary N) is 2. The Bertz CT molecular complexity index is 585. The summed E-state index contributed by atoms with van der Waals surface area (Å²) in [6, 6.07) is 10.8. The highest BCUT2D eigenvalue weighted by molar-refractivity contribution is 8.00. The number of thioether (sulfide) groups is 1. The molecule has 6 heteroatoms. The fourth-order valence-electron chi connectivity index (χ4n) is 3.88. The number of guanidine groups is 1.